The third-order valence-electron chi connectivity index (χ3n) is 2.71. The average Bonchev–Trinajstić information content (AvgIpc) is 2.47. The van der Waals surface area contributed by atoms with E-state index in [0.29, 0.717) is 16.5 Å². The summed E-state index contributed by atoms with van der Waals surface area (Å²) in [5.74, 6) is -1.40. The van der Waals surface area contributed by atoms with E-state index in [2.05, 4.69) is 10.3 Å². The second-order valence-electron chi connectivity index (χ2n) is 4.03. The standard InChI is InChI=1S/C14H11ClN2O4/c1-21-12-3-2-8(15)6-11(12)17-13(18)9-4-5-16-7-10(9)14(19)20/h2-7H,1H3,(H,17,18)(H,19,20). The Morgan fingerprint density at radius 2 is 2.05 bits per heavy atom. The maximum Gasteiger partial charge on any atom is 0.338 e. The van der Waals surface area contributed by atoms with Crippen LogP contribution in [-0.2, 0) is 0 Å². The number of aromatic nitrogens is 1. The van der Waals surface area contributed by atoms with Crippen molar-refractivity contribution < 1.29 is 19.4 Å². The van der Waals surface area contributed by atoms with Crippen molar-refractivity contribution in [3.05, 3.63) is 52.8 Å². The van der Waals surface area contributed by atoms with Crippen molar-refractivity contribution in [1.29, 1.82) is 0 Å². The van der Waals surface area contributed by atoms with Gasteiger partial charge in [0.25, 0.3) is 5.91 Å². The van der Waals surface area contributed by atoms with E-state index in [9.17, 15) is 9.59 Å². The summed E-state index contributed by atoms with van der Waals surface area (Å²) in [6, 6.07) is 6.06. The van der Waals surface area contributed by atoms with Gasteiger partial charge < -0.3 is 15.2 Å². The molecule has 21 heavy (non-hydrogen) atoms. The van der Waals surface area contributed by atoms with Gasteiger partial charge in [-0.2, -0.15) is 0 Å². The van der Waals surface area contributed by atoms with Gasteiger partial charge in [0.2, 0.25) is 0 Å². The molecule has 0 unspecified atom stereocenters. The summed E-state index contributed by atoms with van der Waals surface area (Å²) in [5, 5.41) is 12.1. The van der Waals surface area contributed by atoms with Crippen LogP contribution in [0.15, 0.2) is 36.7 Å². The molecule has 0 aliphatic heterocycles. The number of pyridine rings is 1. The Hall–Kier alpha value is -2.60. The maximum atomic E-state index is 12.2. The Morgan fingerprint density at radius 1 is 1.29 bits per heavy atom. The molecular weight excluding hydrogens is 296 g/mol. The number of benzene rings is 1. The Kier molecular flexibility index (Phi) is 4.39. The monoisotopic (exact) mass is 306 g/mol. The molecule has 0 atom stereocenters. The van der Waals surface area contributed by atoms with Gasteiger partial charge in [0.05, 0.1) is 23.9 Å². The molecule has 7 heteroatoms. The molecule has 0 bridgehead atoms. The molecule has 0 aliphatic carbocycles. The molecule has 1 aromatic heterocycles. The van der Waals surface area contributed by atoms with Crippen LogP contribution in [0.2, 0.25) is 5.02 Å². The summed E-state index contributed by atoms with van der Waals surface area (Å²) in [6.45, 7) is 0. The quantitative estimate of drug-likeness (QED) is 0.906. The van der Waals surface area contributed by atoms with Crippen LogP contribution in [0.25, 0.3) is 0 Å². The highest BCUT2D eigenvalue weighted by Crippen LogP contribution is 2.28. The third-order valence-corrected chi connectivity index (χ3v) is 2.94. The topological polar surface area (TPSA) is 88.5 Å². The Balaban J connectivity index is 2.35. The Labute approximate surface area is 125 Å². The second-order valence-corrected chi connectivity index (χ2v) is 4.46. The summed E-state index contributed by atoms with van der Waals surface area (Å²) < 4.78 is 5.11. The number of hydrogen-bond acceptors (Lipinski definition) is 4. The number of anilines is 1. The van der Waals surface area contributed by atoms with Gasteiger partial charge in [0.1, 0.15) is 5.75 Å². The SMILES string of the molecule is COc1ccc(Cl)cc1NC(=O)c1ccncc1C(=O)O. The van der Waals surface area contributed by atoms with Crippen LogP contribution < -0.4 is 10.1 Å². The Morgan fingerprint density at radius 3 is 2.71 bits per heavy atom. The predicted molar refractivity (Wildman–Crippen MR) is 77.2 cm³/mol. The molecular formula is C14H11ClN2O4. The molecule has 0 fully saturated rings. The van der Waals surface area contributed by atoms with E-state index in [-0.39, 0.29) is 11.1 Å². The van der Waals surface area contributed by atoms with Crippen molar-refractivity contribution in [2.75, 3.05) is 12.4 Å². The number of ether oxygens (including phenoxy) is 1. The van der Waals surface area contributed by atoms with Crippen molar-refractivity contribution in [1.82, 2.24) is 4.98 Å². The van der Waals surface area contributed by atoms with E-state index in [4.69, 9.17) is 21.4 Å². The van der Waals surface area contributed by atoms with Crippen molar-refractivity contribution in [3.8, 4) is 5.75 Å². The number of aromatic carboxylic acids is 1. The van der Waals surface area contributed by atoms with Gasteiger partial charge in [-0.1, -0.05) is 11.6 Å². The van der Waals surface area contributed by atoms with Crippen LogP contribution in [0, 0.1) is 0 Å². The number of carboxylic acid groups (broad SMARTS) is 1. The molecule has 2 N–H and O–H groups in total. The van der Waals surface area contributed by atoms with Crippen LogP contribution in [-0.4, -0.2) is 29.1 Å². The van der Waals surface area contributed by atoms with Gasteiger partial charge in [-0.25, -0.2) is 4.79 Å². The molecule has 0 aliphatic rings. The van der Waals surface area contributed by atoms with Gasteiger partial charge in [0, 0.05) is 17.4 Å². The van der Waals surface area contributed by atoms with Crippen molar-refractivity contribution in [2.45, 2.75) is 0 Å². The number of halogens is 1. The van der Waals surface area contributed by atoms with Crippen molar-refractivity contribution in [3.63, 3.8) is 0 Å². The molecule has 0 saturated carbocycles. The minimum atomic E-state index is -1.23. The van der Waals surface area contributed by atoms with Crippen LogP contribution >= 0.6 is 11.6 Å². The first-order valence-electron chi connectivity index (χ1n) is 5.85. The van der Waals surface area contributed by atoms with Gasteiger partial charge >= 0.3 is 5.97 Å². The normalized spacial score (nSPS) is 10.0. The molecule has 1 heterocycles. The molecule has 0 radical (unpaired) electrons. The Bertz CT molecular complexity index is 703. The van der Waals surface area contributed by atoms with E-state index >= 15 is 0 Å². The molecule has 1 amide bonds. The minimum absolute atomic E-state index is 0.000437. The number of hydrogen-bond donors (Lipinski definition) is 2. The van der Waals surface area contributed by atoms with Crippen LogP contribution in [0.1, 0.15) is 20.7 Å². The summed E-state index contributed by atoms with van der Waals surface area (Å²) in [7, 11) is 1.45. The molecule has 2 aromatic rings. The first kappa shape index (κ1) is 14.8. The summed E-state index contributed by atoms with van der Waals surface area (Å²) in [4.78, 5) is 27.0. The molecule has 0 spiro atoms. The largest absolute Gasteiger partial charge is 0.495 e. The number of amides is 1. The van der Waals surface area contributed by atoms with Gasteiger partial charge in [0.15, 0.2) is 0 Å². The van der Waals surface area contributed by atoms with Gasteiger partial charge in [-0.3, -0.25) is 9.78 Å². The van der Waals surface area contributed by atoms with Crippen molar-refractivity contribution >= 4 is 29.2 Å². The van der Waals surface area contributed by atoms with E-state index in [1.807, 2.05) is 0 Å². The first-order chi connectivity index (χ1) is 10.0. The molecule has 2 rings (SSSR count). The smallest absolute Gasteiger partial charge is 0.338 e. The van der Waals surface area contributed by atoms with Crippen LogP contribution in [0.3, 0.4) is 0 Å². The fraction of sp³-hybridized carbons (Fsp3) is 0.0714. The lowest BCUT2D eigenvalue weighted by atomic mass is 10.1. The lowest BCUT2D eigenvalue weighted by Gasteiger charge is -2.11. The van der Waals surface area contributed by atoms with E-state index in [0.717, 1.165) is 6.20 Å². The minimum Gasteiger partial charge on any atom is -0.495 e. The summed E-state index contributed by atoms with van der Waals surface area (Å²) >= 11 is 5.87. The molecule has 1 aromatic carbocycles. The zero-order valence-electron chi connectivity index (χ0n) is 11.0. The maximum absolute atomic E-state index is 12.2. The lowest BCUT2D eigenvalue weighted by Crippen LogP contribution is -2.17. The van der Waals surface area contributed by atoms with E-state index < -0.39 is 11.9 Å². The lowest BCUT2D eigenvalue weighted by molar-refractivity contribution is 0.0692. The fourth-order valence-electron chi connectivity index (χ4n) is 1.73. The zero-order valence-corrected chi connectivity index (χ0v) is 11.7. The number of nitrogens with one attached hydrogen (secondary N) is 1. The highest BCUT2D eigenvalue weighted by Gasteiger charge is 2.17. The molecule has 6 nitrogen and oxygen atoms in total. The van der Waals surface area contributed by atoms with E-state index in [1.165, 1.54) is 25.4 Å². The number of rotatable bonds is 4. The fourth-order valence-corrected chi connectivity index (χ4v) is 1.90. The van der Waals surface area contributed by atoms with Crippen molar-refractivity contribution in [2.24, 2.45) is 0 Å². The highest BCUT2D eigenvalue weighted by molar-refractivity contribution is 6.31. The van der Waals surface area contributed by atoms with E-state index in [1.54, 1.807) is 12.1 Å². The zero-order chi connectivity index (χ0) is 15.4. The summed E-state index contributed by atoms with van der Waals surface area (Å²) in [6.07, 6.45) is 2.46. The predicted octanol–water partition coefficient (Wildman–Crippen LogP) is 2.69. The average molecular weight is 307 g/mol. The first-order valence-corrected chi connectivity index (χ1v) is 6.23. The number of carbonyl (C=O) groups is 2. The van der Waals surface area contributed by atoms with Gasteiger partial charge in [-0.05, 0) is 24.3 Å². The molecule has 0 saturated heterocycles. The number of carboxylic acids is 1. The third kappa shape index (κ3) is 3.29. The summed E-state index contributed by atoms with van der Waals surface area (Å²) in [5.41, 5.74) is 0.165. The van der Waals surface area contributed by atoms with Crippen LogP contribution in [0.4, 0.5) is 5.69 Å². The second kappa shape index (κ2) is 6.23. The number of carbonyl (C=O) groups excluding carboxylic acids is 1. The number of nitrogens with zero attached hydrogens (tertiary/aromatic N) is 1. The van der Waals surface area contributed by atoms with Gasteiger partial charge in [-0.15, -0.1) is 0 Å². The van der Waals surface area contributed by atoms with Crippen LogP contribution in [0.5, 0.6) is 5.75 Å². The molecule has 108 valence electrons. The number of methoxy groups -OCH3 is 1. The highest BCUT2D eigenvalue weighted by atomic mass is 35.5.